The highest BCUT2D eigenvalue weighted by atomic mass is 16.5. The van der Waals surface area contributed by atoms with E-state index >= 15 is 0 Å². The number of carbonyl (C=O) groups is 1. The Morgan fingerprint density at radius 2 is 2.39 bits per heavy atom. The van der Waals surface area contributed by atoms with Gasteiger partial charge in [-0.2, -0.15) is 0 Å². The Bertz CT molecular complexity index is 638. The van der Waals surface area contributed by atoms with E-state index in [1.165, 1.54) is 0 Å². The van der Waals surface area contributed by atoms with Crippen molar-refractivity contribution in [1.29, 1.82) is 0 Å². The van der Waals surface area contributed by atoms with Crippen molar-refractivity contribution in [1.82, 2.24) is 19.2 Å². The molecule has 1 aliphatic rings. The van der Waals surface area contributed by atoms with Crippen LogP contribution in [-0.4, -0.2) is 71.0 Å². The molecule has 1 saturated heterocycles. The fraction of sp³-hybridized carbons (Fsp3) is 0.500. The number of nitrogens with two attached hydrogens (primary N) is 1. The standard InChI is InChI=1S/C16H23N5O2/c1-19(12-15(17)22)10-14-11-20(6-7-23-14)8-13-9-21-5-3-2-4-16(21)18-13/h2-5,9,14H,6-8,10-12H2,1H3,(H2,17,22). The molecule has 1 aliphatic heterocycles. The lowest BCUT2D eigenvalue weighted by Crippen LogP contribution is -2.47. The van der Waals surface area contributed by atoms with Crippen LogP contribution in [0.15, 0.2) is 30.6 Å². The molecular formula is C16H23N5O2. The molecule has 3 rings (SSSR count). The van der Waals surface area contributed by atoms with Gasteiger partial charge in [0.2, 0.25) is 5.91 Å². The zero-order valence-corrected chi connectivity index (χ0v) is 13.4. The van der Waals surface area contributed by atoms with Crippen molar-refractivity contribution in [2.45, 2.75) is 12.6 Å². The topological polar surface area (TPSA) is 76.1 Å². The van der Waals surface area contributed by atoms with Gasteiger partial charge in [-0.25, -0.2) is 4.98 Å². The number of aromatic nitrogens is 2. The third-order valence-corrected chi connectivity index (χ3v) is 3.96. The molecule has 23 heavy (non-hydrogen) atoms. The van der Waals surface area contributed by atoms with Crippen LogP contribution in [0, 0.1) is 0 Å². The maximum Gasteiger partial charge on any atom is 0.231 e. The summed E-state index contributed by atoms with van der Waals surface area (Å²) in [5.41, 5.74) is 7.25. The largest absolute Gasteiger partial charge is 0.374 e. The number of rotatable bonds is 6. The SMILES string of the molecule is CN(CC(N)=O)CC1CN(Cc2cn3ccccc3n2)CCO1. The van der Waals surface area contributed by atoms with E-state index < -0.39 is 0 Å². The van der Waals surface area contributed by atoms with Crippen LogP contribution in [-0.2, 0) is 16.1 Å². The van der Waals surface area contributed by atoms with Crippen LogP contribution in [0.5, 0.6) is 0 Å². The second-order valence-corrected chi connectivity index (χ2v) is 6.09. The van der Waals surface area contributed by atoms with Gasteiger partial charge in [-0.3, -0.25) is 14.6 Å². The number of hydrogen-bond acceptors (Lipinski definition) is 5. The fourth-order valence-corrected chi connectivity index (χ4v) is 3.01. The number of hydrogen-bond donors (Lipinski definition) is 1. The minimum atomic E-state index is -0.315. The van der Waals surface area contributed by atoms with Crippen molar-refractivity contribution < 1.29 is 9.53 Å². The summed E-state index contributed by atoms with van der Waals surface area (Å²) in [4.78, 5) is 19.8. The Morgan fingerprint density at radius 1 is 1.52 bits per heavy atom. The van der Waals surface area contributed by atoms with Gasteiger partial charge in [-0.1, -0.05) is 6.07 Å². The molecule has 1 amide bonds. The van der Waals surface area contributed by atoms with Crippen molar-refractivity contribution in [2.24, 2.45) is 5.73 Å². The van der Waals surface area contributed by atoms with Crippen LogP contribution in [0.25, 0.3) is 5.65 Å². The summed E-state index contributed by atoms with van der Waals surface area (Å²) in [5, 5.41) is 0. The molecule has 0 radical (unpaired) electrons. The molecule has 0 bridgehead atoms. The highest BCUT2D eigenvalue weighted by Crippen LogP contribution is 2.12. The van der Waals surface area contributed by atoms with Crippen LogP contribution in [0.1, 0.15) is 5.69 Å². The molecule has 7 heteroatoms. The van der Waals surface area contributed by atoms with E-state index in [4.69, 9.17) is 10.5 Å². The van der Waals surface area contributed by atoms with Gasteiger partial charge in [0, 0.05) is 38.6 Å². The summed E-state index contributed by atoms with van der Waals surface area (Å²) in [6.07, 6.45) is 4.16. The number of ether oxygens (including phenoxy) is 1. The monoisotopic (exact) mass is 317 g/mol. The Morgan fingerprint density at radius 3 is 3.17 bits per heavy atom. The zero-order chi connectivity index (χ0) is 16.2. The predicted molar refractivity (Wildman–Crippen MR) is 86.9 cm³/mol. The Labute approximate surface area is 135 Å². The fourth-order valence-electron chi connectivity index (χ4n) is 3.01. The van der Waals surface area contributed by atoms with E-state index in [0.29, 0.717) is 13.2 Å². The number of fused-ring (bicyclic) bond motifs is 1. The highest BCUT2D eigenvalue weighted by molar-refractivity contribution is 5.75. The second kappa shape index (κ2) is 7.08. The van der Waals surface area contributed by atoms with E-state index in [2.05, 4.69) is 16.1 Å². The number of morpholine rings is 1. The molecule has 0 aliphatic carbocycles. The average Bonchev–Trinajstić information content (AvgIpc) is 2.88. The quantitative estimate of drug-likeness (QED) is 0.808. The molecule has 2 aromatic rings. The maximum atomic E-state index is 11.0. The average molecular weight is 317 g/mol. The number of amides is 1. The number of likely N-dealkylation sites (N-methyl/N-ethyl adjacent to an activating group) is 1. The van der Waals surface area contributed by atoms with Gasteiger partial charge < -0.3 is 14.9 Å². The van der Waals surface area contributed by atoms with Gasteiger partial charge in [-0.05, 0) is 19.2 Å². The second-order valence-electron chi connectivity index (χ2n) is 6.09. The number of primary amides is 1. The third kappa shape index (κ3) is 4.28. The first-order valence-electron chi connectivity index (χ1n) is 7.83. The van der Waals surface area contributed by atoms with Gasteiger partial charge in [0.1, 0.15) is 5.65 Å². The summed E-state index contributed by atoms with van der Waals surface area (Å²) in [6.45, 7) is 4.18. The van der Waals surface area contributed by atoms with Crippen LogP contribution < -0.4 is 5.73 Å². The molecule has 7 nitrogen and oxygen atoms in total. The Hall–Kier alpha value is -1.96. The zero-order valence-electron chi connectivity index (χ0n) is 13.4. The van der Waals surface area contributed by atoms with Gasteiger partial charge >= 0.3 is 0 Å². The molecule has 2 aromatic heterocycles. The summed E-state index contributed by atoms with van der Waals surface area (Å²) in [5.74, 6) is -0.315. The predicted octanol–water partition coefficient (Wildman–Crippen LogP) is -0.0478. The van der Waals surface area contributed by atoms with Crippen molar-refractivity contribution in [3.63, 3.8) is 0 Å². The van der Waals surface area contributed by atoms with E-state index in [9.17, 15) is 4.79 Å². The van der Waals surface area contributed by atoms with Crippen molar-refractivity contribution in [3.8, 4) is 0 Å². The number of pyridine rings is 1. The van der Waals surface area contributed by atoms with E-state index in [-0.39, 0.29) is 18.6 Å². The van der Waals surface area contributed by atoms with E-state index in [1.807, 2.05) is 40.7 Å². The molecular weight excluding hydrogens is 294 g/mol. The molecule has 0 saturated carbocycles. The summed E-state index contributed by atoms with van der Waals surface area (Å²) in [6, 6.07) is 5.99. The molecule has 1 unspecified atom stereocenters. The first-order chi connectivity index (χ1) is 11.1. The maximum absolute atomic E-state index is 11.0. The molecule has 1 atom stereocenters. The summed E-state index contributed by atoms with van der Waals surface area (Å²) in [7, 11) is 1.88. The summed E-state index contributed by atoms with van der Waals surface area (Å²) < 4.78 is 7.83. The van der Waals surface area contributed by atoms with Crippen LogP contribution >= 0.6 is 0 Å². The third-order valence-electron chi connectivity index (χ3n) is 3.96. The first-order valence-corrected chi connectivity index (χ1v) is 7.83. The molecule has 0 spiro atoms. The molecule has 2 N–H and O–H groups in total. The lowest BCUT2D eigenvalue weighted by molar-refractivity contribution is -0.119. The Balaban J connectivity index is 1.56. The number of nitrogens with zero attached hydrogens (tertiary/aromatic N) is 4. The van der Waals surface area contributed by atoms with Crippen molar-refractivity contribution in [2.75, 3.05) is 39.8 Å². The van der Waals surface area contributed by atoms with E-state index in [0.717, 1.165) is 31.0 Å². The van der Waals surface area contributed by atoms with Gasteiger partial charge in [-0.15, -0.1) is 0 Å². The lowest BCUT2D eigenvalue weighted by atomic mass is 10.2. The highest BCUT2D eigenvalue weighted by Gasteiger charge is 2.22. The molecule has 124 valence electrons. The van der Waals surface area contributed by atoms with E-state index in [1.54, 1.807) is 0 Å². The number of imidazole rings is 1. The van der Waals surface area contributed by atoms with Crippen LogP contribution in [0.2, 0.25) is 0 Å². The summed E-state index contributed by atoms with van der Waals surface area (Å²) >= 11 is 0. The normalized spacial score (nSPS) is 19.5. The first kappa shape index (κ1) is 15.9. The smallest absolute Gasteiger partial charge is 0.231 e. The molecule has 1 fully saturated rings. The molecule has 3 heterocycles. The minimum absolute atomic E-state index is 0.0881. The van der Waals surface area contributed by atoms with Crippen molar-refractivity contribution >= 4 is 11.6 Å². The lowest BCUT2D eigenvalue weighted by Gasteiger charge is -2.34. The van der Waals surface area contributed by atoms with Gasteiger partial charge in [0.15, 0.2) is 0 Å². The minimum Gasteiger partial charge on any atom is -0.374 e. The van der Waals surface area contributed by atoms with Crippen molar-refractivity contribution in [3.05, 3.63) is 36.3 Å². The van der Waals surface area contributed by atoms with Crippen LogP contribution in [0.3, 0.4) is 0 Å². The molecule has 0 aromatic carbocycles. The van der Waals surface area contributed by atoms with Crippen LogP contribution in [0.4, 0.5) is 0 Å². The Kier molecular flexibility index (Phi) is 4.90. The van der Waals surface area contributed by atoms with Gasteiger partial charge in [0.25, 0.3) is 0 Å². The number of carbonyl (C=O) groups excluding carboxylic acids is 1. The van der Waals surface area contributed by atoms with Gasteiger partial charge in [0.05, 0.1) is 24.9 Å².